The molecule has 1 atom stereocenters. The molecule has 136 valence electrons. The lowest BCUT2D eigenvalue weighted by atomic mass is 9.76. The van der Waals surface area contributed by atoms with E-state index in [0.29, 0.717) is 38.6 Å². The van der Waals surface area contributed by atoms with E-state index in [2.05, 4.69) is 0 Å². The highest BCUT2D eigenvalue weighted by Gasteiger charge is 2.44. The third kappa shape index (κ3) is 4.37. The molecule has 2 saturated heterocycles. The van der Waals surface area contributed by atoms with Gasteiger partial charge in [0.15, 0.2) is 0 Å². The second-order valence-corrected chi connectivity index (χ2v) is 9.66. The van der Waals surface area contributed by atoms with E-state index in [9.17, 15) is 23.1 Å². The minimum absolute atomic E-state index is 0.0547. The van der Waals surface area contributed by atoms with Crippen molar-refractivity contribution in [1.82, 2.24) is 4.90 Å². The number of carboxylic acid groups (broad SMARTS) is 1. The highest BCUT2D eigenvalue weighted by atomic mass is 32.2. The van der Waals surface area contributed by atoms with Crippen molar-refractivity contribution in [2.45, 2.75) is 46.0 Å². The van der Waals surface area contributed by atoms with Crippen molar-refractivity contribution in [3.63, 3.8) is 0 Å². The average Bonchev–Trinajstić information content (AvgIpc) is 2.52. The van der Waals surface area contributed by atoms with Crippen LogP contribution in [0.2, 0.25) is 0 Å². The molecule has 0 saturated carbocycles. The molecular formula is C17H27NO5S. The van der Waals surface area contributed by atoms with Gasteiger partial charge in [-0.2, -0.15) is 0 Å². The topological polar surface area (TPSA) is 91.8 Å². The number of allylic oxidation sites excluding steroid dienone is 2. The smallest absolute Gasteiger partial charge is 0.311 e. The Morgan fingerprint density at radius 2 is 1.88 bits per heavy atom. The zero-order valence-corrected chi connectivity index (χ0v) is 15.3. The van der Waals surface area contributed by atoms with Crippen molar-refractivity contribution in [3.8, 4) is 0 Å². The highest BCUT2D eigenvalue weighted by molar-refractivity contribution is 7.91. The first-order valence-electron chi connectivity index (χ1n) is 8.51. The van der Waals surface area contributed by atoms with Crippen LogP contribution in [0.5, 0.6) is 0 Å². The number of carboxylic acids is 1. The van der Waals surface area contributed by atoms with Crippen LogP contribution < -0.4 is 0 Å². The molecule has 0 spiro atoms. The molecule has 2 heterocycles. The normalized spacial score (nSPS) is 27.5. The van der Waals surface area contributed by atoms with Crippen molar-refractivity contribution in [2.75, 3.05) is 24.6 Å². The standard InChI is InChI=1S/C17H27NO5S/c1-13(2)4-8-17(16(20)21)7-3-9-18(12-17)15(19)14-5-10-24(22,23)11-6-14/h4,14H,3,5-12H2,1-2H3,(H,20,21)/t17-/m0/s1. The highest BCUT2D eigenvalue weighted by Crippen LogP contribution is 2.36. The Balaban J connectivity index is 2.09. The average molecular weight is 357 g/mol. The van der Waals surface area contributed by atoms with Crippen molar-refractivity contribution in [1.29, 1.82) is 0 Å². The minimum atomic E-state index is -3.01. The molecule has 0 aromatic carbocycles. The second kappa shape index (κ2) is 7.25. The predicted molar refractivity (Wildman–Crippen MR) is 91.3 cm³/mol. The van der Waals surface area contributed by atoms with Crippen LogP contribution in [-0.4, -0.2) is 54.9 Å². The number of carbonyl (C=O) groups is 2. The molecule has 0 bridgehead atoms. The van der Waals surface area contributed by atoms with E-state index in [0.717, 1.165) is 5.57 Å². The molecule has 1 N–H and O–H groups in total. The first-order chi connectivity index (χ1) is 11.2. The molecule has 0 aliphatic carbocycles. The maximum Gasteiger partial charge on any atom is 0.311 e. The largest absolute Gasteiger partial charge is 0.481 e. The van der Waals surface area contributed by atoms with Crippen molar-refractivity contribution >= 4 is 21.7 Å². The summed E-state index contributed by atoms with van der Waals surface area (Å²) in [5.41, 5.74) is 0.142. The van der Waals surface area contributed by atoms with Crippen LogP contribution in [0.25, 0.3) is 0 Å². The predicted octanol–water partition coefficient (Wildman–Crippen LogP) is 1.86. The number of carbonyl (C=O) groups excluding carboxylic acids is 1. The van der Waals surface area contributed by atoms with Crippen LogP contribution in [-0.2, 0) is 19.4 Å². The summed E-state index contributed by atoms with van der Waals surface area (Å²) in [7, 11) is -3.01. The van der Waals surface area contributed by atoms with Gasteiger partial charge in [-0.1, -0.05) is 11.6 Å². The summed E-state index contributed by atoms with van der Waals surface area (Å²) in [6.45, 7) is 4.65. The summed E-state index contributed by atoms with van der Waals surface area (Å²) in [5.74, 6) is -1.12. The number of nitrogens with zero attached hydrogens (tertiary/aromatic N) is 1. The summed E-state index contributed by atoms with van der Waals surface area (Å²) >= 11 is 0. The quantitative estimate of drug-likeness (QED) is 0.776. The van der Waals surface area contributed by atoms with Gasteiger partial charge in [-0.15, -0.1) is 0 Å². The van der Waals surface area contributed by atoms with Gasteiger partial charge in [0.05, 0.1) is 16.9 Å². The summed E-state index contributed by atoms with van der Waals surface area (Å²) in [6, 6.07) is 0. The molecule has 0 aromatic rings. The molecule has 2 aliphatic rings. The van der Waals surface area contributed by atoms with Crippen molar-refractivity contribution < 1.29 is 23.1 Å². The van der Waals surface area contributed by atoms with Gasteiger partial charge in [0.25, 0.3) is 0 Å². The Bertz CT molecular complexity index is 621. The molecule has 24 heavy (non-hydrogen) atoms. The molecule has 2 rings (SSSR count). The van der Waals surface area contributed by atoms with Crippen LogP contribution in [0.3, 0.4) is 0 Å². The van der Waals surface area contributed by atoms with Crippen LogP contribution in [0.4, 0.5) is 0 Å². The third-order valence-electron chi connectivity index (χ3n) is 5.15. The van der Waals surface area contributed by atoms with Crippen molar-refractivity contribution in [2.24, 2.45) is 11.3 Å². The van der Waals surface area contributed by atoms with Gasteiger partial charge in [-0.05, 0) is 46.0 Å². The molecule has 0 radical (unpaired) electrons. The van der Waals surface area contributed by atoms with E-state index in [4.69, 9.17) is 0 Å². The van der Waals surface area contributed by atoms with Crippen LogP contribution in [0.1, 0.15) is 46.0 Å². The minimum Gasteiger partial charge on any atom is -0.481 e. The Morgan fingerprint density at radius 3 is 2.42 bits per heavy atom. The van der Waals surface area contributed by atoms with Crippen LogP contribution in [0, 0.1) is 11.3 Å². The Morgan fingerprint density at radius 1 is 1.25 bits per heavy atom. The Kier molecular flexibility index (Phi) is 5.73. The van der Waals surface area contributed by atoms with Crippen LogP contribution in [0.15, 0.2) is 11.6 Å². The maximum atomic E-state index is 12.7. The molecule has 1 amide bonds. The number of hydrogen-bond acceptors (Lipinski definition) is 4. The zero-order valence-electron chi connectivity index (χ0n) is 14.5. The van der Waals surface area contributed by atoms with E-state index in [1.807, 2.05) is 19.9 Å². The fourth-order valence-corrected chi connectivity index (χ4v) is 5.03. The molecular weight excluding hydrogens is 330 g/mol. The first kappa shape index (κ1) is 19.0. The summed E-state index contributed by atoms with van der Waals surface area (Å²) in [5, 5.41) is 9.73. The molecule has 2 aliphatic heterocycles. The van der Waals surface area contributed by atoms with E-state index in [-0.39, 0.29) is 29.9 Å². The van der Waals surface area contributed by atoms with E-state index >= 15 is 0 Å². The summed E-state index contributed by atoms with van der Waals surface area (Å²) in [4.78, 5) is 26.3. The van der Waals surface area contributed by atoms with E-state index in [1.54, 1.807) is 4.90 Å². The number of aliphatic carboxylic acids is 1. The number of piperidine rings is 1. The molecule has 7 heteroatoms. The number of rotatable bonds is 4. The number of hydrogen-bond donors (Lipinski definition) is 1. The van der Waals surface area contributed by atoms with E-state index in [1.165, 1.54) is 0 Å². The molecule has 6 nitrogen and oxygen atoms in total. The second-order valence-electron chi connectivity index (χ2n) is 7.36. The lowest BCUT2D eigenvalue weighted by molar-refractivity contribution is -0.155. The van der Waals surface area contributed by atoms with Gasteiger partial charge in [0, 0.05) is 19.0 Å². The fraction of sp³-hybridized carbons (Fsp3) is 0.765. The number of sulfone groups is 1. The summed E-state index contributed by atoms with van der Waals surface area (Å²) < 4.78 is 23.1. The van der Waals surface area contributed by atoms with Crippen molar-refractivity contribution in [3.05, 3.63) is 11.6 Å². The SMILES string of the molecule is CC(C)=CC[C@@]1(C(=O)O)CCCN(C(=O)C2CCS(=O)(=O)CC2)C1. The zero-order chi connectivity index (χ0) is 18.0. The third-order valence-corrected chi connectivity index (χ3v) is 6.86. The van der Waals surface area contributed by atoms with Gasteiger partial charge < -0.3 is 10.0 Å². The lowest BCUT2D eigenvalue weighted by Crippen LogP contribution is -2.51. The first-order valence-corrected chi connectivity index (χ1v) is 10.3. The van der Waals surface area contributed by atoms with Gasteiger partial charge in [-0.3, -0.25) is 9.59 Å². The van der Waals surface area contributed by atoms with Gasteiger partial charge in [-0.25, -0.2) is 8.42 Å². The van der Waals surface area contributed by atoms with Gasteiger partial charge >= 0.3 is 5.97 Å². The lowest BCUT2D eigenvalue weighted by Gasteiger charge is -2.41. The number of amides is 1. The van der Waals surface area contributed by atoms with Gasteiger partial charge in [0.1, 0.15) is 9.84 Å². The fourth-order valence-electron chi connectivity index (χ4n) is 3.54. The number of likely N-dealkylation sites (tertiary alicyclic amines) is 1. The Labute approximate surface area is 143 Å². The van der Waals surface area contributed by atoms with Gasteiger partial charge in [0.2, 0.25) is 5.91 Å². The van der Waals surface area contributed by atoms with Crippen LogP contribution >= 0.6 is 0 Å². The van der Waals surface area contributed by atoms with E-state index < -0.39 is 21.2 Å². The molecule has 2 fully saturated rings. The molecule has 0 aromatic heterocycles. The summed E-state index contributed by atoms with van der Waals surface area (Å²) in [6.07, 6.45) is 4.29. The monoisotopic (exact) mass is 357 g/mol. The maximum absolute atomic E-state index is 12.7. The Hall–Kier alpha value is -1.37. The molecule has 0 unspecified atom stereocenters.